The third kappa shape index (κ3) is 22.9. The van der Waals surface area contributed by atoms with Crippen molar-refractivity contribution in [3.63, 3.8) is 0 Å². The van der Waals surface area contributed by atoms with Crippen molar-refractivity contribution in [2.45, 2.75) is 234 Å². The van der Waals surface area contributed by atoms with Gasteiger partial charge in [-0.1, -0.05) is 157 Å². The molecule has 0 aliphatic rings. The van der Waals surface area contributed by atoms with Crippen LogP contribution in [0, 0.1) is 0 Å². The molecule has 0 fully saturated rings. The van der Waals surface area contributed by atoms with Crippen LogP contribution in [0.3, 0.4) is 0 Å². The predicted molar refractivity (Wildman–Crippen MR) is 380 cm³/mol. The Morgan fingerprint density at radius 3 is 0.444 bits per heavy atom. The van der Waals surface area contributed by atoms with Crippen LogP contribution in [0.1, 0.15) is 225 Å². The molecular weight excluding hydrogens is 1150 g/mol. The second-order valence-electron chi connectivity index (χ2n) is 22.0. The summed E-state index contributed by atoms with van der Waals surface area (Å²) in [6, 6.07) is 41.8. The molecule has 0 radical (unpaired) electrons. The van der Waals surface area contributed by atoms with Crippen LogP contribution in [0.2, 0.25) is 0 Å². The number of unbranched alkanes of at least 4 members (excludes halogenated alkanes) is 18. The van der Waals surface area contributed by atoms with Crippen LogP contribution in [-0.2, 0) is 38.5 Å². The number of hydrogen-bond acceptors (Lipinski definition) is 9. The minimum absolute atomic E-state index is 1.25. The monoisotopic (exact) mass is 1250 g/mol. The summed E-state index contributed by atoms with van der Waals surface area (Å²) in [4.78, 5) is 26.4. The van der Waals surface area contributed by atoms with Gasteiger partial charge in [0.2, 0.25) is 0 Å². The van der Waals surface area contributed by atoms with Gasteiger partial charge in [-0.25, -0.2) is 0 Å². The van der Waals surface area contributed by atoms with Crippen molar-refractivity contribution in [2.24, 2.45) is 0 Å². The average molecular weight is 1250 g/mol. The van der Waals surface area contributed by atoms with Gasteiger partial charge in [0.05, 0.1) is 0 Å². The van der Waals surface area contributed by atoms with E-state index >= 15 is 0 Å². The summed E-state index contributed by atoms with van der Waals surface area (Å²) in [5.74, 6) is 0. The maximum Gasteiger partial charge on any atom is 0.0449 e. The summed E-state index contributed by atoms with van der Waals surface area (Å²) in [5.41, 5.74) is 0. The molecule has 0 saturated heterocycles. The van der Waals surface area contributed by atoms with Crippen molar-refractivity contribution in [1.82, 2.24) is 0 Å². The lowest BCUT2D eigenvalue weighted by atomic mass is 10.1. The standard InChI is InChI=1S/3C24H32S3/c3*1-3-5-7-9-11-19-13-15-21(25-19)23-17-18-24(27-23)22-16-14-20(26-22)12-10-8-6-4-2/h3*13-18H,3-12H2,1-2H3. The van der Waals surface area contributed by atoms with Crippen molar-refractivity contribution < 1.29 is 0 Å². The summed E-state index contributed by atoms with van der Waals surface area (Å²) < 4.78 is 0. The smallest absolute Gasteiger partial charge is 0.0449 e. The third-order valence-corrected chi connectivity index (χ3v) is 26.2. The molecule has 0 aromatic carbocycles. The summed E-state index contributed by atoms with van der Waals surface area (Å²) in [6.45, 7) is 13.7. The van der Waals surface area contributed by atoms with E-state index in [9.17, 15) is 0 Å². The van der Waals surface area contributed by atoms with E-state index in [1.807, 2.05) is 102 Å². The second-order valence-corrected chi connectivity index (χ2v) is 32.2. The van der Waals surface area contributed by atoms with E-state index < -0.39 is 0 Å². The van der Waals surface area contributed by atoms with Crippen molar-refractivity contribution in [1.29, 1.82) is 0 Å². The van der Waals surface area contributed by atoms with Gasteiger partial charge in [0.25, 0.3) is 0 Å². The van der Waals surface area contributed by atoms with Crippen LogP contribution >= 0.6 is 102 Å². The highest BCUT2D eigenvalue weighted by molar-refractivity contribution is 7.28. The van der Waals surface area contributed by atoms with E-state index in [2.05, 4.69) is 151 Å². The van der Waals surface area contributed by atoms with E-state index in [1.165, 1.54) is 251 Å². The van der Waals surface area contributed by atoms with Crippen LogP contribution in [-0.4, -0.2) is 0 Å². The van der Waals surface area contributed by atoms with Gasteiger partial charge in [0, 0.05) is 87.8 Å². The fraction of sp³-hybridized carbons (Fsp3) is 0.500. The number of hydrogen-bond donors (Lipinski definition) is 0. The topological polar surface area (TPSA) is 0 Å². The molecular formula is C72H96S9. The van der Waals surface area contributed by atoms with E-state index in [1.54, 1.807) is 29.3 Å². The summed E-state index contributed by atoms with van der Waals surface area (Å²) in [5, 5.41) is 0. The molecule has 9 heteroatoms. The summed E-state index contributed by atoms with van der Waals surface area (Å²) in [6.07, 6.45) is 39.8. The lowest BCUT2D eigenvalue weighted by Crippen LogP contribution is -1.80. The van der Waals surface area contributed by atoms with Crippen molar-refractivity contribution in [3.05, 3.63) is 138 Å². The molecule has 0 nitrogen and oxygen atoms in total. The molecule has 438 valence electrons. The maximum atomic E-state index is 2.34. The largest absolute Gasteiger partial charge is 0.139 e. The Morgan fingerprint density at radius 1 is 0.160 bits per heavy atom. The zero-order valence-electron chi connectivity index (χ0n) is 50.3. The van der Waals surface area contributed by atoms with Crippen LogP contribution in [0.15, 0.2) is 109 Å². The van der Waals surface area contributed by atoms with Crippen LogP contribution < -0.4 is 0 Å². The molecule has 0 N–H and O–H groups in total. The Morgan fingerprint density at radius 2 is 0.296 bits per heavy atom. The molecule has 0 aliphatic carbocycles. The Hall–Kier alpha value is -2.70. The van der Waals surface area contributed by atoms with Gasteiger partial charge in [0.15, 0.2) is 0 Å². The lowest BCUT2D eigenvalue weighted by molar-refractivity contribution is 0.670. The minimum Gasteiger partial charge on any atom is -0.139 e. The van der Waals surface area contributed by atoms with Gasteiger partial charge in [-0.2, -0.15) is 0 Å². The van der Waals surface area contributed by atoms with E-state index in [0.717, 1.165) is 0 Å². The highest BCUT2D eigenvalue weighted by Crippen LogP contribution is 2.43. The molecule has 0 atom stereocenters. The number of thiophene rings is 9. The van der Waals surface area contributed by atoms with Gasteiger partial charge in [0.1, 0.15) is 0 Å². The van der Waals surface area contributed by atoms with Gasteiger partial charge >= 0.3 is 0 Å². The molecule has 9 aromatic heterocycles. The fourth-order valence-corrected chi connectivity index (χ4v) is 19.9. The van der Waals surface area contributed by atoms with Crippen molar-refractivity contribution in [2.75, 3.05) is 0 Å². The quantitative estimate of drug-likeness (QED) is 0.0343. The molecule has 9 heterocycles. The first-order valence-corrected chi connectivity index (χ1v) is 39.1. The highest BCUT2D eigenvalue weighted by atomic mass is 32.1. The van der Waals surface area contributed by atoms with Gasteiger partial charge < -0.3 is 0 Å². The minimum atomic E-state index is 1.25. The first-order valence-electron chi connectivity index (χ1n) is 31.7. The van der Waals surface area contributed by atoms with E-state index in [0.29, 0.717) is 0 Å². The SMILES string of the molecule is CCCCCCc1ccc(-c2ccc(-c3ccc(CCCCCC)s3)s2)s1.CCCCCCc1ccc(-c2ccc(-c3ccc(CCCCCC)s3)s2)s1.CCCCCCc1ccc(-c2ccc(-c3ccc(CCCCCC)s3)s2)s1. The normalized spacial score (nSPS) is 11.3. The summed E-state index contributed by atoms with van der Waals surface area (Å²) in [7, 11) is 0. The highest BCUT2D eigenvalue weighted by Gasteiger charge is 2.14. The maximum absolute atomic E-state index is 2.34. The first kappa shape index (κ1) is 65.8. The van der Waals surface area contributed by atoms with Gasteiger partial charge in [-0.05, 0) is 186 Å². The zero-order chi connectivity index (χ0) is 56.7. The van der Waals surface area contributed by atoms with Crippen LogP contribution in [0.4, 0.5) is 0 Å². The Labute approximate surface area is 528 Å². The second kappa shape index (κ2) is 38.4. The Bertz CT molecular complexity index is 2500. The van der Waals surface area contributed by atoms with Gasteiger partial charge in [-0.15, -0.1) is 102 Å². The van der Waals surface area contributed by atoms with Crippen LogP contribution in [0.25, 0.3) is 58.5 Å². The Kier molecular flexibility index (Phi) is 31.2. The number of rotatable bonds is 36. The molecule has 0 amide bonds. The van der Waals surface area contributed by atoms with Crippen LogP contribution in [0.5, 0.6) is 0 Å². The first-order chi connectivity index (χ1) is 39.9. The molecule has 0 unspecified atom stereocenters. The summed E-state index contributed by atoms with van der Waals surface area (Å²) >= 11 is 17.8. The molecule has 0 bridgehead atoms. The molecule has 0 spiro atoms. The number of aryl methyl sites for hydroxylation is 6. The zero-order valence-corrected chi connectivity index (χ0v) is 57.6. The molecule has 9 rings (SSSR count). The molecule has 81 heavy (non-hydrogen) atoms. The van der Waals surface area contributed by atoms with Crippen molar-refractivity contribution >= 4 is 102 Å². The Balaban J connectivity index is 0.000000175. The molecule has 9 aromatic rings. The van der Waals surface area contributed by atoms with Crippen molar-refractivity contribution in [3.8, 4) is 58.5 Å². The van der Waals surface area contributed by atoms with E-state index in [4.69, 9.17) is 0 Å². The lowest BCUT2D eigenvalue weighted by Gasteiger charge is -1.97. The van der Waals surface area contributed by atoms with E-state index in [-0.39, 0.29) is 0 Å². The van der Waals surface area contributed by atoms with Gasteiger partial charge in [-0.3, -0.25) is 0 Å². The fourth-order valence-electron chi connectivity index (χ4n) is 10.0. The molecule has 0 aliphatic heterocycles. The molecule has 0 saturated carbocycles. The average Bonchev–Trinajstić information content (AvgIpc) is 4.34. The third-order valence-electron chi connectivity index (χ3n) is 14.9. The predicted octanol–water partition coefficient (Wildman–Crippen LogP) is 28.4.